The molecule has 1 saturated heterocycles. The molecule has 0 amide bonds. The molecule has 5 aromatic heterocycles. The van der Waals surface area contributed by atoms with Crippen LogP contribution in [0.25, 0.3) is 55.8 Å². The highest BCUT2D eigenvalue weighted by Gasteiger charge is 2.24. The lowest BCUT2D eigenvalue weighted by molar-refractivity contribution is 0.514. The number of rotatable bonds is 4. The van der Waals surface area contributed by atoms with Crippen LogP contribution < -0.4 is 10.6 Å². The summed E-state index contributed by atoms with van der Waals surface area (Å²) >= 11 is 0. The molecule has 7 rings (SSSR count). The molecule has 6 heterocycles. The molecule has 0 spiro atoms. The number of hydrogen-bond acceptors (Lipinski definition) is 7. The highest BCUT2D eigenvalue weighted by molar-refractivity contribution is 6.00. The van der Waals surface area contributed by atoms with Crippen molar-refractivity contribution in [1.29, 1.82) is 0 Å². The van der Waals surface area contributed by atoms with Gasteiger partial charge in [0.1, 0.15) is 17.2 Å². The number of aromatic amines is 2. The topological polar surface area (TPSA) is 125 Å². The fourth-order valence-electron chi connectivity index (χ4n) is 4.63. The van der Waals surface area contributed by atoms with Crippen LogP contribution in [0.5, 0.6) is 0 Å². The summed E-state index contributed by atoms with van der Waals surface area (Å²) in [6, 6.07) is 16.3. The molecular weight excluding hydrogens is 438 g/mol. The van der Waals surface area contributed by atoms with Crippen LogP contribution in [0.1, 0.15) is 0 Å². The molecule has 170 valence electrons. The van der Waals surface area contributed by atoms with Gasteiger partial charge >= 0.3 is 0 Å². The van der Waals surface area contributed by atoms with Crippen molar-refractivity contribution in [3.8, 4) is 33.9 Å². The normalized spacial score (nSPS) is 14.0. The molecule has 0 unspecified atom stereocenters. The Balaban J connectivity index is 1.31. The van der Waals surface area contributed by atoms with E-state index in [0.29, 0.717) is 0 Å². The first-order chi connectivity index (χ1) is 17.2. The number of hydrogen-bond donors (Lipinski definition) is 3. The Bertz CT molecular complexity index is 1680. The molecule has 35 heavy (non-hydrogen) atoms. The van der Waals surface area contributed by atoms with Crippen molar-refractivity contribution < 1.29 is 0 Å². The van der Waals surface area contributed by atoms with Gasteiger partial charge in [0.2, 0.25) is 0 Å². The number of anilines is 1. The first-order valence-corrected chi connectivity index (χ1v) is 11.4. The maximum absolute atomic E-state index is 5.94. The van der Waals surface area contributed by atoms with E-state index in [9.17, 15) is 0 Å². The zero-order valence-electron chi connectivity index (χ0n) is 18.7. The molecule has 9 heteroatoms. The van der Waals surface area contributed by atoms with Crippen molar-refractivity contribution in [2.45, 2.75) is 6.04 Å². The number of benzene rings is 1. The maximum atomic E-state index is 5.94. The summed E-state index contributed by atoms with van der Waals surface area (Å²) in [6.45, 7) is 1.61. The summed E-state index contributed by atoms with van der Waals surface area (Å²) in [5.41, 5.74) is 13.1. The fourth-order valence-corrected chi connectivity index (χ4v) is 4.63. The second-order valence-corrected chi connectivity index (χ2v) is 8.78. The zero-order chi connectivity index (χ0) is 23.4. The Morgan fingerprint density at radius 3 is 2.71 bits per heavy atom. The largest absolute Gasteiger partial charge is 0.352 e. The highest BCUT2D eigenvalue weighted by Crippen LogP contribution is 2.34. The number of nitrogens with one attached hydrogen (secondary N) is 2. The maximum Gasteiger partial charge on any atom is 0.147 e. The molecular formula is C26H21N9. The number of nitrogens with zero attached hydrogens (tertiary/aromatic N) is 6. The van der Waals surface area contributed by atoms with Crippen molar-refractivity contribution >= 4 is 27.8 Å². The van der Waals surface area contributed by atoms with E-state index < -0.39 is 0 Å². The molecule has 0 aliphatic carbocycles. The van der Waals surface area contributed by atoms with Gasteiger partial charge in [-0.3, -0.25) is 15.1 Å². The summed E-state index contributed by atoms with van der Waals surface area (Å²) in [4.78, 5) is 23.9. The van der Waals surface area contributed by atoms with Gasteiger partial charge in [-0.1, -0.05) is 12.1 Å². The molecule has 6 aromatic rings. The van der Waals surface area contributed by atoms with Gasteiger partial charge in [-0.2, -0.15) is 5.10 Å². The average Bonchev–Trinajstić information content (AvgIpc) is 3.51. The summed E-state index contributed by atoms with van der Waals surface area (Å²) in [5, 5.41) is 9.76. The predicted molar refractivity (Wildman–Crippen MR) is 136 cm³/mol. The van der Waals surface area contributed by atoms with Crippen LogP contribution in [0.4, 0.5) is 5.82 Å². The van der Waals surface area contributed by atoms with Crippen LogP contribution in [0.15, 0.2) is 73.3 Å². The van der Waals surface area contributed by atoms with Crippen LogP contribution in [-0.4, -0.2) is 54.2 Å². The molecule has 0 atom stereocenters. The van der Waals surface area contributed by atoms with Crippen LogP contribution in [-0.2, 0) is 0 Å². The van der Waals surface area contributed by atoms with Crippen molar-refractivity contribution in [3.05, 3.63) is 73.3 Å². The monoisotopic (exact) mass is 459 g/mol. The van der Waals surface area contributed by atoms with Gasteiger partial charge in [-0.15, -0.1) is 0 Å². The zero-order valence-corrected chi connectivity index (χ0v) is 18.7. The van der Waals surface area contributed by atoms with Gasteiger partial charge in [0, 0.05) is 53.4 Å². The van der Waals surface area contributed by atoms with E-state index in [1.807, 2.05) is 36.4 Å². The second-order valence-electron chi connectivity index (χ2n) is 8.78. The van der Waals surface area contributed by atoms with E-state index in [1.54, 1.807) is 24.8 Å². The van der Waals surface area contributed by atoms with E-state index >= 15 is 0 Å². The SMILES string of the molecule is NC1CN(c2cncc(-c3ccc4[nH]nc(-c5cc6c(-c7ccccn7)ccnc6[nH]5)c4c3)n2)C1. The molecule has 1 fully saturated rings. The Morgan fingerprint density at radius 1 is 0.914 bits per heavy atom. The molecule has 0 bridgehead atoms. The molecule has 0 radical (unpaired) electrons. The van der Waals surface area contributed by atoms with E-state index in [0.717, 1.165) is 74.7 Å². The molecule has 1 aliphatic rings. The van der Waals surface area contributed by atoms with Gasteiger partial charge in [0.25, 0.3) is 0 Å². The smallest absolute Gasteiger partial charge is 0.147 e. The summed E-state index contributed by atoms with van der Waals surface area (Å²) in [7, 11) is 0. The van der Waals surface area contributed by atoms with Crippen molar-refractivity contribution in [2.75, 3.05) is 18.0 Å². The summed E-state index contributed by atoms with van der Waals surface area (Å²) in [5.74, 6) is 0.848. The first-order valence-electron chi connectivity index (χ1n) is 11.4. The van der Waals surface area contributed by atoms with Crippen molar-refractivity contribution in [3.63, 3.8) is 0 Å². The minimum absolute atomic E-state index is 0.203. The minimum atomic E-state index is 0.203. The lowest BCUT2D eigenvalue weighted by Crippen LogP contribution is -2.56. The van der Waals surface area contributed by atoms with Crippen LogP contribution in [0.3, 0.4) is 0 Å². The van der Waals surface area contributed by atoms with Crippen molar-refractivity contribution in [1.82, 2.24) is 35.1 Å². The summed E-state index contributed by atoms with van der Waals surface area (Å²) < 4.78 is 0. The van der Waals surface area contributed by atoms with Gasteiger partial charge in [0.05, 0.1) is 35.0 Å². The first kappa shape index (κ1) is 19.8. The Hall–Kier alpha value is -4.63. The van der Waals surface area contributed by atoms with Gasteiger partial charge in [0.15, 0.2) is 0 Å². The van der Waals surface area contributed by atoms with E-state index in [1.165, 1.54) is 0 Å². The highest BCUT2D eigenvalue weighted by atomic mass is 15.3. The number of pyridine rings is 2. The molecule has 9 nitrogen and oxygen atoms in total. The predicted octanol–water partition coefficient (Wildman–Crippen LogP) is 3.77. The quantitative estimate of drug-likeness (QED) is 0.366. The summed E-state index contributed by atoms with van der Waals surface area (Å²) in [6.07, 6.45) is 7.17. The van der Waals surface area contributed by atoms with Crippen LogP contribution in [0, 0.1) is 0 Å². The van der Waals surface area contributed by atoms with Crippen LogP contribution in [0.2, 0.25) is 0 Å². The molecule has 1 aromatic carbocycles. The van der Waals surface area contributed by atoms with E-state index in [-0.39, 0.29) is 6.04 Å². The molecule has 0 saturated carbocycles. The van der Waals surface area contributed by atoms with E-state index in [2.05, 4.69) is 47.2 Å². The number of nitrogens with two attached hydrogens (primary N) is 1. The van der Waals surface area contributed by atoms with Gasteiger partial charge in [-0.25, -0.2) is 9.97 Å². The number of fused-ring (bicyclic) bond motifs is 2. The third-order valence-corrected chi connectivity index (χ3v) is 6.44. The number of H-pyrrole nitrogens is 2. The average molecular weight is 460 g/mol. The van der Waals surface area contributed by atoms with Crippen molar-refractivity contribution in [2.24, 2.45) is 5.73 Å². The van der Waals surface area contributed by atoms with Crippen LogP contribution >= 0.6 is 0 Å². The van der Waals surface area contributed by atoms with E-state index in [4.69, 9.17) is 10.7 Å². The molecule has 4 N–H and O–H groups in total. The lowest BCUT2D eigenvalue weighted by Gasteiger charge is -2.37. The fraction of sp³-hybridized carbons (Fsp3) is 0.115. The molecule has 1 aliphatic heterocycles. The standard InChI is InChI=1S/C26H21N9/c27-16-13-35(14-16)24-12-28-11-23(31-24)15-4-5-21-19(9-15)25(34-33-21)22-10-18-17(6-8-30-26(18)32-22)20-3-1-2-7-29-20/h1-12,16H,13-14,27H2,(H,30,32)(H,33,34). The number of aromatic nitrogens is 7. The third-order valence-electron chi connectivity index (χ3n) is 6.44. The van der Waals surface area contributed by atoms with Gasteiger partial charge < -0.3 is 15.6 Å². The Kier molecular flexibility index (Phi) is 4.36. The lowest BCUT2D eigenvalue weighted by atomic mass is 10.1. The Morgan fingerprint density at radius 2 is 1.86 bits per heavy atom. The third kappa shape index (κ3) is 3.32. The second kappa shape index (κ2) is 7.71. The Labute approximate surface area is 200 Å². The van der Waals surface area contributed by atoms with Gasteiger partial charge in [-0.05, 0) is 36.4 Å². The minimum Gasteiger partial charge on any atom is -0.352 e.